The van der Waals surface area contributed by atoms with E-state index in [9.17, 15) is 4.79 Å². The molecule has 0 atom stereocenters. The highest BCUT2D eigenvalue weighted by molar-refractivity contribution is 6.30. The normalized spacial score (nSPS) is 10.2. The number of carbonyl (C=O) groups is 1. The Morgan fingerprint density at radius 3 is 2.71 bits per heavy atom. The molecule has 2 rings (SSSR count). The number of nitrogens with two attached hydrogens (primary N) is 1. The fourth-order valence-corrected chi connectivity index (χ4v) is 2.03. The second-order valence-electron chi connectivity index (χ2n) is 4.30. The van der Waals surface area contributed by atoms with Gasteiger partial charge in [-0.2, -0.15) is 0 Å². The number of nitrogen functional groups attached to an aromatic ring is 1. The Hall–Kier alpha value is -2.40. The number of carboxylic acids is 1. The Labute approximate surface area is 126 Å². The molecule has 0 radical (unpaired) electrons. The second kappa shape index (κ2) is 6.37. The minimum absolute atomic E-state index is 0.00515. The van der Waals surface area contributed by atoms with E-state index in [1.165, 1.54) is 12.1 Å². The van der Waals surface area contributed by atoms with Crippen molar-refractivity contribution in [2.24, 2.45) is 0 Å². The second-order valence-corrected chi connectivity index (χ2v) is 4.74. The Balaban J connectivity index is 2.19. The van der Waals surface area contributed by atoms with Crippen LogP contribution in [-0.2, 0) is 6.61 Å². The van der Waals surface area contributed by atoms with E-state index in [2.05, 4.69) is 0 Å². The molecule has 0 fully saturated rings. The van der Waals surface area contributed by atoms with Gasteiger partial charge >= 0.3 is 5.97 Å². The summed E-state index contributed by atoms with van der Waals surface area (Å²) in [4.78, 5) is 11.0. The van der Waals surface area contributed by atoms with Gasteiger partial charge in [0.15, 0.2) is 0 Å². The lowest BCUT2D eigenvalue weighted by atomic mass is 10.1. The molecule has 2 aromatic carbocycles. The fraction of sp³-hybridized carbons (Fsp3) is 0.133. The number of anilines is 1. The van der Waals surface area contributed by atoms with Crippen LogP contribution in [0.25, 0.3) is 0 Å². The van der Waals surface area contributed by atoms with E-state index < -0.39 is 5.97 Å². The highest BCUT2D eigenvalue weighted by atomic mass is 35.5. The van der Waals surface area contributed by atoms with Crippen molar-refractivity contribution >= 4 is 23.3 Å². The molecule has 0 heterocycles. The first-order valence-corrected chi connectivity index (χ1v) is 6.47. The molecule has 5 nitrogen and oxygen atoms in total. The predicted octanol–water partition coefficient (Wildman–Crippen LogP) is 3.21. The maximum atomic E-state index is 11.0. The summed E-state index contributed by atoms with van der Waals surface area (Å²) in [5, 5.41) is 9.59. The highest BCUT2D eigenvalue weighted by Gasteiger charge is 2.10. The number of ether oxygens (including phenoxy) is 2. The van der Waals surface area contributed by atoms with Crippen LogP contribution in [0.15, 0.2) is 36.4 Å². The summed E-state index contributed by atoms with van der Waals surface area (Å²) in [6.45, 7) is 0.201. The van der Waals surface area contributed by atoms with E-state index in [0.29, 0.717) is 16.5 Å². The Bertz CT molecular complexity index is 673. The molecule has 6 heteroatoms. The first kappa shape index (κ1) is 15.0. The zero-order chi connectivity index (χ0) is 15.4. The third-order valence-corrected chi connectivity index (χ3v) is 3.13. The summed E-state index contributed by atoms with van der Waals surface area (Å²) in [7, 11) is 1.55. The molecule has 110 valence electrons. The zero-order valence-electron chi connectivity index (χ0n) is 11.3. The fourth-order valence-electron chi connectivity index (χ4n) is 1.83. The molecule has 0 unspecified atom stereocenters. The van der Waals surface area contributed by atoms with Crippen LogP contribution in [0.1, 0.15) is 15.9 Å². The molecule has 0 bridgehead atoms. The minimum atomic E-state index is -1.10. The van der Waals surface area contributed by atoms with Crippen LogP contribution in [-0.4, -0.2) is 18.2 Å². The molecule has 0 saturated heterocycles. The third-order valence-electron chi connectivity index (χ3n) is 2.89. The molecule has 0 aliphatic rings. The molecule has 0 aliphatic carbocycles. The van der Waals surface area contributed by atoms with Crippen molar-refractivity contribution in [3.05, 3.63) is 52.5 Å². The van der Waals surface area contributed by atoms with Crippen molar-refractivity contribution in [1.82, 2.24) is 0 Å². The molecule has 0 spiro atoms. The molecule has 21 heavy (non-hydrogen) atoms. The lowest BCUT2D eigenvalue weighted by molar-refractivity contribution is 0.0697. The molecule has 3 N–H and O–H groups in total. The standard InChI is InChI=1S/C15H14ClNO4/c1-20-14-5-2-10(16)6-9(14)8-21-11-3-4-13(17)12(7-11)15(18)19/h2-7H,8,17H2,1H3,(H,18,19). The van der Waals surface area contributed by atoms with Gasteiger partial charge in [-0.3, -0.25) is 0 Å². The summed E-state index contributed by atoms with van der Waals surface area (Å²) in [6.07, 6.45) is 0. The molecule has 0 aliphatic heterocycles. The van der Waals surface area contributed by atoms with Gasteiger partial charge in [0, 0.05) is 16.3 Å². The number of methoxy groups -OCH3 is 1. The Kier molecular flexibility index (Phi) is 4.55. The van der Waals surface area contributed by atoms with Gasteiger partial charge in [0.05, 0.1) is 12.7 Å². The summed E-state index contributed by atoms with van der Waals surface area (Å²) < 4.78 is 10.8. The van der Waals surface area contributed by atoms with Gasteiger partial charge in [0.2, 0.25) is 0 Å². The minimum Gasteiger partial charge on any atom is -0.496 e. The smallest absolute Gasteiger partial charge is 0.337 e. The maximum absolute atomic E-state index is 11.0. The lowest BCUT2D eigenvalue weighted by Gasteiger charge is -2.11. The maximum Gasteiger partial charge on any atom is 0.337 e. The number of aromatic carboxylic acids is 1. The van der Waals surface area contributed by atoms with Crippen molar-refractivity contribution < 1.29 is 19.4 Å². The average Bonchev–Trinajstić information content (AvgIpc) is 2.46. The van der Waals surface area contributed by atoms with Gasteiger partial charge in [-0.05, 0) is 36.4 Å². The molecule has 2 aromatic rings. The number of benzene rings is 2. The van der Waals surface area contributed by atoms with Crippen molar-refractivity contribution in [2.75, 3.05) is 12.8 Å². The van der Waals surface area contributed by atoms with Crippen LogP contribution < -0.4 is 15.2 Å². The summed E-state index contributed by atoms with van der Waals surface area (Å²) in [6, 6.07) is 9.68. The Morgan fingerprint density at radius 2 is 2.05 bits per heavy atom. The molecule has 0 aromatic heterocycles. The zero-order valence-corrected chi connectivity index (χ0v) is 12.1. The summed E-state index contributed by atoms with van der Waals surface area (Å²) in [5.74, 6) is -0.0461. The van der Waals surface area contributed by atoms with Gasteiger partial charge in [-0.1, -0.05) is 11.6 Å². The van der Waals surface area contributed by atoms with Crippen molar-refractivity contribution in [3.8, 4) is 11.5 Å². The average molecular weight is 308 g/mol. The van der Waals surface area contributed by atoms with Crippen molar-refractivity contribution in [2.45, 2.75) is 6.61 Å². The number of halogens is 1. The Morgan fingerprint density at radius 1 is 1.29 bits per heavy atom. The number of hydrogen-bond donors (Lipinski definition) is 2. The van der Waals surface area contributed by atoms with E-state index in [4.69, 9.17) is 31.9 Å². The quantitative estimate of drug-likeness (QED) is 0.829. The first-order chi connectivity index (χ1) is 10.0. The van der Waals surface area contributed by atoms with Crippen LogP contribution in [0, 0.1) is 0 Å². The summed E-state index contributed by atoms with van der Waals surface area (Å²) >= 11 is 5.94. The third kappa shape index (κ3) is 3.58. The van der Waals surface area contributed by atoms with Crippen LogP contribution in [0.3, 0.4) is 0 Å². The lowest BCUT2D eigenvalue weighted by Crippen LogP contribution is -2.04. The molecule has 0 amide bonds. The van der Waals surface area contributed by atoms with Crippen LogP contribution >= 0.6 is 11.6 Å². The van der Waals surface area contributed by atoms with Crippen LogP contribution in [0.2, 0.25) is 5.02 Å². The number of rotatable bonds is 5. The number of hydrogen-bond acceptors (Lipinski definition) is 4. The summed E-state index contributed by atoms with van der Waals surface area (Å²) in [5.41, 5.74) is 6.55. The topological polar surface area (TPSA) is 81.8 Å². The van der Waals surface area contributed by atoms with Crippen molar-refractivity contribution in [1.29, 1.82) is 0 Å². The van der Waals surface area contributed by atoms with E-state index in [0.717, 1.165) is 5.56 Å². The van der Waals surface area contributed by atoms with Crippen LogP contribution in [0.5, 0.6) is 11.5 Å². The monoisotopic (exact) mass is 307 g/mol. The van der Waals surface area contributed by atoms with Gasteiger partial charge in [-0.25, -0.2) is 4.79 Å². The largest absolute Gasteiger partial charge is 0.496 e. The van der Waals surface area contributed by atoms with Crippen molar-refractivity contribution in [3.63, 3.8) is 0 Å². The SMILES string of the molecule is COc1ccc(Cl)cc1COc1ccc(N)c(C(=O)O)c1. The van der Waals surface area contributed by atoms with E-state index >= 15 is 0 Å². The van der Waals surface area contributed by atoms with Crippen LogP contribution in [0.4, 0.5) is 5.69 Å². The van der Waals surface area contributed by atoms with Gasteiger partial charge in [-0.15, -0.1) is 0 Å². The van der Waals surface area contributed by atoms with Gasteiger partial charge < -0.3 is 20.3 Å². The van der Waals surface area contributed by atoms with E-state index in [-0.39, 0.29) is 17.9 Å². The predicted molar refractivity (Wildman–Crippen MR) is 80.1 cm³/mol. The van der Waals surface area contributed by atoms with Gasteiger partial charge in [0.1, 0.15) is 18.1 Å². The number of carboxylic acid groups (broad SMARTS) is 1. The van der Waals surface area contributed by atoms with Gasteiger partial charge in [0.25, 0.3) is 0 Å². The molecular weight excluding hydrogens is 294 g/mol. The first-order valence-electron chi connectivity index (χ1n) is 6.09. The van der Waals surface area contributed by atoms with E-state index in [1.807, 2.05) is 0 Å². The molecular formula is C15H14ClNO4. The highest BCUT2D eigenvalue weighted by Crippen LogP contribution is 2.25. The molecule has 0 saturated carbocycles. The van der Waals surface area contributed by atoms with E-state index in [1.54, 1.807) is 31.4 Å².